The first-order chi connectivity index (χ1) is 8.31. The Morgan fingerprint density at radius 1 is 1.39 bits per heavy atom. The Kier molecular flexibility index (Phi) is 5.62. The first-order valence-electron chi connectivity index (χ1n) is 5.55. The molecule has 4 N–H and O–H groups in total. The topological polar surface area (TPSA) is 75.4 Å². The van der Waals surface area contributed by atoms with Gasteiger partial charge in [-0.3, -0.25) is 4.79 Å². The lowest BCUT2D eigenvalue weighted by atomic mass is 10.0. The number of rotatable bonds is 4. The SMILES string of the molecule is CC(C)CC(N)C(=O)Nc1cc(Br)c(O)c(Br)c1. The van der Waals surface area contributed by atoms with Gasteiger partial charge in [0.1, 0.15) is 5.75 Å². The molecule has 0 radical (unpaired) electrons. The molecule has 1 unspecified atom stereocenters. The van der Waals surface area contributed by atoms with E-state index in [1.54, 1.807) is 12.1 Å². The van der Waals surface area contributed by atoms with Crippen molar-refractivity contribution in [3.05, 3.63) is 21.1 Å². The minimum atomic E-state index is -0.531. The Bertz CT molecular complexity index is 427. The van der Waals surface area contributed by atoms with E-state index in [0.29, 0.717) is 27.0 Å². The van der Waals surface area contributed by atoms with Crippen LogP contribution in [0.4, 0.5) is 5.69 Å². The van der Waals surface area contributed by atoms with Gasteiger partial charge in [-0.25, -0.2) is 0 Å². The maximum atomic E-state index is 11.8. The van der Waals surface area contributed by atoms with E-state index >= 15 is 0 Å². The third-order valence-electron chi connectivity index (χ3n) is 2.35. The first kappa shape index (κ1) is 15.5. The van der Waals surface area contributed by atoms with Crippen molar-refractivity contribution in [1.82, 2.24) is 0 Å². The Balaban J connectivity index is 2.76. The Labute approximate surface area is 123 Å². The highest BCUT2D eigenvalue weighted by atomic mass is 79.9. The number of hydrogen-bond acceptors (Lipinski definition) is 3. The summed E-state index contributed by atoms with van der Waals surface area (Å²) in [5.41, 5.74) is 6.37. The van der Waals surface area contributed by atoms with E-state index in [1.165, 1.54) is 0 Å². The summed E-state index contributed by atoms with van der Waals surface area (Å²) in [6.45, 7) is 4.03. The van der Waals surface area contributed by atoms with Crippen LogP contribution in [0.25, 0.3) is 0 Å². The summed E-state index contributed by atoms with van der Waals surface area (Å²) >= 11 is 6.40. The first-order valence-corrected chi connectivity index (χ1v) is 7.14. The summed E-state index contributed by atoms with van der Waals surface area (Å²) in [5.74, 6) is 0.233. The highest BCUT2D eigenvalue weighted by molar-refractivity contribution is 9.11. The average Bonchev–Trinajstić information content (AvgIpc) is 2.24. The van der Waals surface area contributed by atoms with Gasteiger partial charge in [0.05, 0.1) is 15.0 Å². The second-order valence-corrected chi connectivity index (χ2v) is 6.22. The van der Waals surface area contributed by atoms with E-state index < -0.39 is 6.04 Å². The van der Waals surface area contributed by atoms with E-state index in [-0.39, 0.29) is 11.7 Å². The molecule has 0 saturated carbocycles. The second kappa shape index (κ2) is 6.54. The number of carbonyl (C=O) groups excluding carboxylic acids is 1. The summed E-state index contributed by atoms with van der Waals surface area (Å²) in [6.07, 6.45) is 0.631. The van der Waals surface area contributed by atoms with Crippen molar-refractivity contribution >= 4 is 43.5 Å². The van der Waals surface area contributed by atoms with Crippen LogP contribution >= 0.6 is 31.9 Å². The molecule has 0 bridgehead atoms. The molecule has 0 aromatic heterocycles. The molecule has 1 aromatic carbocycles. The number of nitrogens with one attached hydrogen (secondary N) is 1. The lowest BCUT2D eigenvalue weighted by molar-refractivity contribution is -0.117. The summed E-state index contributed by atoms with van der Waals surface area (Å²) in [4.78, 5) is 11.8. The largest absolute Gasteiger partial charge is 0.506 e. The van der Waals surface area contributed by atoms with Gasteiger partial charge in [0, 0.05) is 5.69 Å². The molecule has 0 heterocycles. The zero-order chi connectivity index (χ0) is 13.9. The third-order valence-corrected chi connectivity index (χ3v) is 3.56. The molecule has 0 saturated heterocycles. The molecule has 0 spiro atoms. The van der Waals surface area contributed by atoms with Crippen molar-refractivity contribution in [2.24, 2.45) is 11.7 Å². The molecule has 100 valence electrons. The molecule has 4 nitrogen and oxygen atoms in total. The summed E-state index contributed by atoms with van der Waals surface area (Å²) in [7, 11) is 0. The Hall–Kier alpha value is -0.590. The van der Waals surface area contributed by atoms with Crippen molar-refractivity contribution in [1.29, 1.82) is 0 Å². The van der Waals surface area contributed by atoms with Gasteiger partial charge in [0.2, 0.25) is 5.91 Å². The summed E-state index contributed by atoms with van der Waals surface area (Å²) in [6, 6.07) is 2.72. The second-order valence-electron chi connectivity index (χ2n) is 4.51. The van der Waals surface area contributed by atoms with Gasteiger partial charge in [0.15, 0.2) is 0 Å². The molecule has 1 aromatic rings. The number of anilines is 1. The van der Waals surface area contributed by atoms with Crippen LogP contribution in [0.15, 0.2) is 21.1 Å². The molecule has 1 atom stereocenters. The van der Waals surface area contributed by atoms with Crippen LogP contribution in [-0.4, -0.2) is 17.1 Å². The molecular formula is C12H16Br2N2O2. The number of hydrogen-bond donors (Lipinski definition) is 3. The number of nitrogens with two attached hydrogens (primary N) is 1. The van der Waals surface area contributed by atoms with Gasteiger partial charge >= 0.3 is 0 Å². The molecule has 18 heavy (non-hydrogen) atoms. The van der Waals surface area contributed by atoms with Crippen molar-refractivity contribution in [2.45, 2.75) is 26.3 Å². The van der Waals surface area contributed by atoms with Crippen molar-refractivity contribution in [3.63, 3.8) is 0 Å². The standard InChI is InChI=1S/C12H16Br2N2O2/c1-6(2)3-10(15)12(18)16-7-4-8(13)11(17)9(14)5-7/h4-6,10,17H,3,15H2,1-2H3,(H,16,18). The highest BCUT2D eigenvalue weighted by Crippen LogP contribution is 2.35. The molecule has 1 rings (SSSR count). The fourth-order valence-electron chi connectivity index (χ4n) is 1.49. The number of amides is 1. The minimum Gasteiger partial charge on any atom is -0.506 e. The molecule has 6 heteroatoms. The summed E-state index contributed by atoms with van der Waals surface area (Å²) < 4.78 is 1.01. The fraction of sp³-hybridized carbons (Fsp3) is 0.417. The predicted octanol–water partition coefficient (Wildman–Crippen LogP) is 3.23. The molecule has 0 fully saturated rings. The van der Waals surface area contributed by atoms with Gasteiger partial charge in [-0.1, -0.05) is 13.8 Å². The van der Waals surface area contributed by atoms with Crippen LogP contribution in [0.3, 0.4) is 0 Å². The Morgan fingerprint density at radius 3 is 2.33 bits per heavy atom. The van der Waals surface area contributed by atoms with Crippen LogP contribution in [-0.2, 0) is 4.79 Å². The van der Waals surface area contributed by atoms with Crippen LogP contribution in [0.5, 0.6) is 5.75 Å². The zero-order valence-electron chi connectivity index (χ0n) is 10.2. The monoisotopic (exact) mass is 378 g/mol. The Morgan fingerprint density at radius 2 is 1.89 bits per heavy atom. The van der Waals surface area contributed by atoms with Crippen molar-refractivity contribution < 1.29 is 9.90 Å². The zero-order valence-corrected chi connectivity index (χ0v) is 13.4. The van der Waals surface area contributed by atoms with Crippen molar-refractivity contribution in [2.75, 3.05) is 5.32 Å². The van der Waals surface area contributed by atoms with E-state index in [1.807, 2.05) is 13.8 Å². The van der Waals surface area contributed by atoms with Crippen LogP contribution in [0, 0.1) is 5.92 Å². The number of aromatic hydroxyl groups is 1. The maximum Gasteiger partial charge on any atom is 0.241 e. The lowest BCUT2D eigenvalue weighted by Crippen LogP contribution is -2.36. The van der Waals surface area contributed by atoms with Crippen LogP contribution in [0.1, 0.15) is 20.3 Å². The molecule has 0 aliphatic rings. The highest BCUT2D eigenvalue weighted by Gasteiger charge is 2.16. The van der Waals surface area contributed by atoms with Crippen LogP contribution in [0.2, 0.25) is 0 Å². The minimum absolute atomic E-state index is 0.0967. The maximum absolute atomic E-state index is 11.8. The van der Waals surface area contributed by atoms with E-state index in [0.717, 1.165) is 0 Å². The quantitative estimate of drug-likeness (QED) is 0.703. The normalized spacial score (nSPS) is 12.6. The third kappa shape index (κ3) is 4.26. The van der Waals surface area contributed by atoms with E-state index in [2.05, 4.69) is 37.2 Å². The predicted molar refractivity (Wildman–Crippen MR) is 79.6 cm³/mol. The van der Waals surface area contributed by atoms with Gasteiger partial charge < -0.3 is 16.2 Å². The van der Waals surface area contributed by atoms with Gasteiger partial charge in [0.25, 0.3) is 0 Å². The molecule has 0 aliphatic heterocycles. The summed E-state index contributed by atoms with van der Waals surface area (Å²) in [5, 5.41) is 12.3. The van der Waals surface area contributed by atoms with E-state index in [4.69, 9.17) is 5.73 Å². The molecule has 0 aliphatic carbocycles. The van der Waals surface area contributed by atoms with Crippen molar-refractivity contribution in [3.8, 4) is 5.75 Å². The fourth-order valence-corrected chi connectivity index (χ4v) is 2.67. The molecule has 1 amide bonds. The van der Waals surface area contributed by atoms with Crippen LogP contribution < -0.4 is 11.1 Å². The van der Waals surface area contributed by atoms with Gasteiger partial charge in [-0.2, -0.15) is 0 Å². The van der Waals surface area contributed by atoms with Gasteiger partial charge in [-0.05, 0) is 56.3 Å². The van der Waals surface area contributed by atoms with Gasteiger partial charge in [-0.15, -0.1) is 0 Å². The smallest absolute Gasteiger partial charge is 0.241 e. The number of phenols is 1. The molecular weight excluding hydrogens is 364 g/mol. The lowest BCUT2D eigenvalue weighted by Gasteiger charge is -2.14. The number of carbonyl (C=O) groups is 1. The van der Waals surface area contributed by atoms with E-state index in [9.17, 15) is 9.90 Å². The number of benzene rings is 1. The number of phenolic OH excluding ortho intramolecular Hbond substituents is 1. The number of halogens is 2. The average molecular weight is 380 g/mol.